The molecule has 8 heteroatoms. The molecule has 1 aliphatic rings. The zero-order valence-electron chi connectivity index (χ0n) is 11.6. The number of nitrogens with one attached hydrogen (secondary N) is 1. The molecule has 0 fully saturated rings. The number of aliphatic carboxylic acids is 1. The first kappa shape index (κ1) is 16.5. The van der Waals surface area contributed by atoms with Gasteiger partial charge in [-0.05, 0) is 5.92 Å². The summed E-state index contributed by atoms with van der Waals surface area (Å²) in [7, 11) is 2.05. The van der Waals surface area contributed by atoms with Crippen molar-refractivity contribution in [3.63, 3.8) is 0 Å². The predicted molar refractivity (Wildman–Crippen MR) is 66.4 cm³/mol. The topological polar surface area (TPSA) is 67.2 Å². The van der Waals surface area contributed by atoms with Gasteiger partial charge in [0.2, 0.25) is 0 Å². The summed E-state index contributed by atoms with van der Waals surface area (Å²) >= 11 is 0. The van der Waals surface area contributed by atoms with E-state index in [0.717, 1.165) is 19.5 Å². The lowest BCUT2D eigenvalue weighted by Crippen LogP contribution is -2.24. The summed E-state index contributed by atoms with van der Waals surface area (Å²) in [6.07, 6.45) is -3.97. The van der Waals surface area contributed by atoms with Crippen molar-refractivity contribution in [1.82, 2.24) is 15.1 Å². The monoisotopic (exact) mass is 293 g/mol. The van der Waals surface area contributed by atoms with Crippen LogP contribution >= 0.6 is 0 Å². The van der Waals surface area contributed by atoms with E-state index in [2.05, 4.69) is 31.3 Å². The molecule has 0 unspecified atom stereocenters. The smallest absolute Gasteiger partial charge is 0.475 e. The van der Waals surface area contributed by atoms with Crippen molar-refractivity contribution < 1.29 is 23.1 Å². The number of carboxylic acids is 1. The Morgan fingerprint density at radius 2 is 2.00 bits per heavy atom. The summed E-state index contributed by atoms with van der Waals surface area (Å²) in [6.45, 7) is 6.50. The molecule has 0 amide bonds. The SMILES string of the molecule is CC(C)c1nn(C)c2c1CNCC2.O=C(O)C(F)(F)F. The summed E-state index contributed by atoms with van der Waals surface area (Å²) in [5.74, 6) is -2.22. The number of hydrogen-bond donors (Lipinski definition) is 2. The van der Waals surface area contributed by atoms with Gasteiger partial charge in [-0.3, -0.25) is 4.68 Å². The number of aryl methyl sites for hydroxylation is 1. The minimum atomic E-state index is -5.08. The maximum Gasteiger partial charge on any atom is 0.490 e. The van der Waals surface area contributed by atoms with E-state index < -0.39 is 12.1 Å². The van der Waals surface area contributed by atoms with Crippen LogP contribution < -0.4 is 5.32 Å². The fourth-order valence-electron chi connectivity index (χ4n) is 2.01. The van der Waals surface area contributed by atoms with Gasteiger partial charge in [0, 0.05) is 37.8 Å². The first-order valence-electron chi connectivity index (χ1n) is 6.20. The van der Waals surface area contributed by atoms with Crippen LogP contribution in [0, 0.1) is 0 Å². The maximum atomic E-state index is 10.6. The number of carboxylic acid groups (broad SMARTS) is 1. The van der Waals surface area contributed by atoms with E-state index in [1.807, 2.05) is 4.68 Å². The second-order valence-electron chi connectivity index (χ2n) is 4.82. The Hall–Kier alpha value is -1.57. The molecule has 0 saturated carbocycles. The largest absolute Gasteiger partial charge is 0.490 e. The molecule has 2 rings (SSSR count). The van der Waals surface area contributed by atoms with Gasteiger partial charge < -0.3 is 10.4 Å². The summed E-state index contributed by atoms with van der Waals surface area (Å²) in [6, 6.07) is 0. The lowest BCUT2D eigenvalue weighted by atomic mass is 10.0. The molecule has 2 N–H and O–H groups in total. The summed E-state index contributed by atoms with van der Waals surface area (Å²) < 4.78 is 33.8. The van der Waals surface area contributed by atoms with Gasteiger partial charge in [0.25, 0.3) is 0 Å². The fraction of sp³-hybridized carbons (Fsp3) is 0.667. The van der Waals surface area contributed by atoms with Gasteiger partial charge in [0.1, 0.15) is 0 Å². The lowest BCUT2D eigenvalue weighted by Gasteiger charge is -2.14. The van der Waals surface area contributed by atoms with Crippen molar-refractivity contribution in [3.8, 4) is 0 Å². The van der Waals surface area contributed by atoms with Crippen LogP contribution in [0.4, 0.5) is 13.2 Å². The fourth-order valence-corrected chi connectivity index (χ4v) is 2.01. The average molecular weight is 293 g/mol. The summed E-state index contributed by atoms with van der Waals surface area (Å²) in [5.41, 5.74) is 4.12. The molecule has 114 valence electrons. The van der Waals surface area contributed by atoms with E-state index in [1.165, 1.54) is 17.0 Å². The highest BCUT2D eigenvalue weighted by molar-refractivity contribution is 5.73. The predicted octanol–water partition coefficient (Wildman–Crippen LogP) is 1.82. The molecule has 0 saturated heterocycles. The quantitative estimate of drug-likeness (QED) is 0.829. The molecule has 0 aromatic carbocycles. The molecule has 0 spiro atoms. The Morgan fingerprint density at radius 3 is 2.45 bits per heavy atom. The van der Waals surface area contributed by atoms with Gasteiger partial charge in [0.05, 0.1) is 5.69 Å². The number of alkyl halides is 3. The zero-order chi connectivity index (χ0) is 15.5. The van der Waals surface area contributed by atoms with E-state index in [0.29, 0.717) is 5.92 Å². The van der Waals surface area contributed by atoms with Crippen LogP contribution in [0.2, 0.25) is 0 Å². The Bertz CT molecular complexity index is 481. The number of carbonyl (C=O) groups is 1. The molecule has 1 aromatic heterocycles. The second kappa shape index (κ2) is 6.25. The number of fused-ring (bicyclic) bond motifs is 1. The first-order chi connectivity index (χ1) is 9.14. The molecular formula is C12H18F3N3O2. The maximum absolute atomic E-state index is 10.6. The normalized spacial score (nSPS) is 14.6. The van der Waals surface area contributed by atoms with Crippen LogP contribution in [0.15, 0.2) is 0 Å². The van der Waals surface area contributed by atoms with Crippen LogP contribution in [-0.4, -0.2) is 33.6 Å². The average Bonchev–Trinajstić information content (AvgIpc) is 2.67. The van der Waals surface area contributed by atoms with Crippen LogP contribution in [-0.2, 0) is 24.8 Å². The lowest BCUT2D eigenvalue weighted by molar-refractivity contribution is -0.192. The minimum Gasteiger partial charge on any atom is -0.475 e. The van der Waals surface area contributed by atoms with E-state index in [-0.39, 0.29) is 0 Å². The van der Waals surface area contributed by atoms with Gasteiger partial charge in [-0.1, -0.05) is 13.8 Å². The van der Waals surface area contributed by atoms with Gasteiger partial charge in [-0.2, -0.15) is 18.3 Å². The summed E-state index contributed by atoms with van der Waals surface area (Å²) in [5, 5.41) is 15.1. The van der Waals surface area contributed by atoms with Crippen LogP contribution in [0.25, 0.3) is 0 Å². The molecule has 0 radical (unpaired) electrons. The molecule has 0 atom stereocenters. The number of halogens is 3. The van der Waals surface area contributed by atoms with Gasteiger partial charge in [-0.25, -0.2) is 4.79 Å². The number of nitrogens with zero attached hydrogens (tertiary/aromatic N) is 2. The second-order valence-corrected chi connectivity index (χ2v) is 4.82. The van der Waals surface area contributed by atoms with Crippen molar-refractivity contribution in [2.45, 2.75) is 38.9 Å². The van der Waals surface area contributed by atoms with Crippen molar-refractivity contribution in [1.29, 1.82) is 0 Å². The van der Waals surface area contributed by atoms with Crippen molar-refractivity contribution in [2.24, 2.45) is 7.05 Å². The highest BCUT2D eigenvalue weighted by Crippen LogP contribution is 2.23. The molecule has 20 heavy (non-hydrogen) atoms. The molecule has 0 bridgehead atoms. The number of aromatic nitrogens is 2. The molecule has 1 aromatic rings. The highest BCUT2D eigenvalue weighted by atomic mass is 19.4. The molecule has 0 aliphatic carbocycles. The van der Waals surface area contributed by atoms with Crippen LogP contribution in [0.1, 0.15) is 36.7 Å². The standard InChI is InChI=1S/C10H17N3.C2HF3O2/c1-7(2)10-8-6-11-5-4-9(8)13(3)12-10;3-2(4,5)1(6)7/h7,11H,4-6H2,1-3H3;(H,6,7). The minimum absolute atomic E-state index is 0.537. The third-order valence-electron chi connectivity index (χ3n) is 2.94. The van der Waals surface area contributed by atoms with Crippen LogP contribution in [0.3, 0.4) is 0 Å². The van der Waals surface area contributed by atoms with E-state index >= 15 is 0 Å². The Balaban J connectivity index is 0.000000246. The number of rotatable bonds is 1. The first-order valence-corrected chi connectivity index (χ1v) is 6.20. The van der Waals surface area contributed by atoms with Gasteiger partial charge in [0.15, 0.2) is 0 Å². The third kappa shape index (κ3) is 3.96. The molecule has 1 aliphatic heterocycles. The van der Waals surface area contributed by atoms with Gasteiger partial charge >= 0.3 is 12.1 Å². The van der Waals surface area contributed by atoms with E-state index in [9.17, 15) is 13.2 Å². The van der Waals surface area contributed by atoms with Crippen LogP contribution in [0.5, 0.6) is 0 Å². The van der Waals surface area contributed by atoms with Gasteiger partial charge in [-0.15, -0.1) is 0 Å². The Kier molecular flexibility index (Phi) is 5.15. The van der Waals surface area contributed by atoms with Crippen molar-refractivity contribution >= 4 is 5.97 Å². The zero-order valence-corrected chi connectivity index (χ0v) is 11.6. The highest BCUT2D eigenvalue weighted by Gasteiger charge is 2.38. The van der Waals surface area contributed by atoms with Crippen molar-refractivity contribution in [3.05, 3.63) is 17.0 Å². The molecule has 2 heterocycles. The van der Waals surface area contributed by atoms with E-state index in [4.69, 9.17) is 9.90 Å². The molecule has 5 nitrogen and oxygen atoms in total. The Morgan fingerprint density at radius 1 is 1.45 bits per heavy atom. The number of hydrogen-bond acceptors (Lipinski definition) is 3. The van der Waals surface area contributed by atoms with Crippen molar-refractivity contribution in [2.75, 3.05) is 6.54 Å². The van der Waals surface area contributed by atoms with E-state index in [1.54, 1.807) is 0 Å². The third-order valence-corrected chi connectivity index (χ3v) is 2.94. The summed E-state index contributed by atoms with van der Waals surface area (Å²) in [4.78, 5) is 8.90. The Labute approximate surface area is 114 Å². The molecular weight excluding hydrogens is 275 g/mol.